The second-order valence-electron chi connectivity index (χ2n) is 9.19. The lowest BCUT2D eigenvalue weighted by molar-refractivity contribution is 0.112. The van der Waals surface area contributed by atoms with Crippen LogP contribution in [0.1, 0.15) is 40.4 Å². The van der Waals surface area contributed by atoms with Crippen LogP contribution < -0.4 is 10.1 Å². The average molecular weight is 466 g/mol. The lowest BCUT2D eigenvalue weighted by atomic mass is 9.87. The van der Waals surface area contributed by atoms with Crippen molar-refractivity contribution in [3.05, 3.63) is 95.7 Å². The first-order valence-corrected chi connectivity index (χ1v) is 12.3. The first-order chi connectivity index (χ1) is 17.2. The summed E-state index contributed by atoms with van der Waals surface area (Å²) >= 11 is 0. The fourth-order valence-corrected chi connectivity index (χ4v) is 4.98. The number of pyridine rings is 1. The van der Waals surface area contributed by atoms with Crippen LogP contribution in [-0.2, 0) is 0 Å². The Balaban J connectivity index is 1.15. The van der Waals surface area contributed by atoms with Gasteiger partial charge in [0, 0.05) is 40.6 Å². The predicted octanol–water partition coefficient (Wildman–Crippen LogP) is 6.36. The Labute approximate surface area is 206 Å². The number of carbonyl (C=O) groups is 1. The number of para-hydroxylation sites is 1. The van der Waals surface area contributed by atoms with Gasteiger partial charge in [-0.05, 0) is 68.6 Å². The van der Waals surface area contributed by atoms with Crippen LogP contribution in [0.4, 0.5) is 11.4 Å². The third kappa shape index (κ3) is 5.52. The van der Waals surface area contributed by atoms with E-state index in [2.05, 4.69) is 39.5 Å². The molecule has 0 unspecified atom stereocenters. The maximum atomic E-state index is 11.4. The summed E-state index contributed by atoms with van der Waals surface area (Å²) < 4.78 is 6.11. The molecule has 0 saturated carbocycles. The Morgan fingerprint density at radius 1 is 1.00 bits per heavy atom. The molecule has 4 aromatic rings. The van der Waals surface area contributed by atoms with Gasteiger partial charge in [-0.25, -0.2) is 0 Å². The Hall–Kier alpha value is -3.70. The molecule has 0 atom stereocenters. The van der Waals surface area contributed by atoms with Crippen molar-refractivity contribution in [1.29, 1.82) is 0 Å². The standard InChI is InChI=1S/C30H31N3O2/c1-22-19-30(28-11-4-5-12-29(28)31-22)32-25-8-6-9-26(20-25)35-18-17-33-15-13-23(14-16-33)27-10-3-2-7-24(27)21-34/h2-12,19-21,23H,13-18H2,1H3,(H,31,32). The summed E-state index contributed by atoms with van der Waals surface area (Å²) in [6, 6.07) is 26.4. The number of carbonyl (C=O) groups excluding carboxylic acids is 1. The van der Waals surface area contributed by atoms with E-state index in [0.29, 0.717) is 12.5 Å². The SMILES string of the molecule is Cc1cc(Nc2cccc(OCCN3CCC(c4ccccc4C=O)CC3)c2)c2ccccc2n1. The summed E-state index contributed by atoms with van der Waals surface area (Å²) in [5.41, 5.74) is 6.03. The predicted molar refractivity (Wildman–Crippen MR) is 142 cm³/mol. The van der Waals surface area contributed by atoms with E-state index in [0.717, 1.165) is 78.0 Å². The smallest absolute Gasteiger partial charge is 0.150 e. The van der Waals surface area contributed by atoms with Gasteiger partial charge in [-0.15, -0.1) is 0 Å². The van der Waals surface area contributed by atoms with Crippen LogP contribution >= 0.6 is 0 Å². The number of hydrogen-bond donors (Lipinski definition) is 1. The Kier molecular flexibility index (Phi) is 7.05. The summed E-state index contributed by atoms with van der Waals surface area (Å²) in [6.45, 7) is 5.61. The normalized spacial score (nSPS) is 14.7. The van der Waals surface area contributed by atoms with Gasteiger partial charge in [-0.1, -0.05) is 48.5 Å². The number of nitrogens with zero attached hydrogens (tertiary/aromatic N) is 2. The van der Waals surface area contributed by atoms with Gasteiger partial charge in [0.05, 0.1) is 5.52 Å². The number of piperidine rings is 1. The third-order valence-corrected chi connectivity index (χ3v) is 6.78. The van der Waals surface area contributed by atoms with Gasteiger partial charge in [0.1, 0.15) is 18.6 Å². The molecule has 35 heavy (non-hydrogen) atoms. The van der Waals surface area contributed by atoms with Gasteiger partial charge in [-0.2, -0.15) is 0 Å². The average Bonchev–Trinajstić information content (AvgIpc) is 2.89. The van der Waals surface area contributed by atoms with Crippen LogP contribution in [0.15, 0.2) is 78.9 Å². The first-order valence-electron chi connectivity index (χ1n) is 12.3. The van der Waals surface area contributed by atoms with Crippen molar-refractivity contribution in [3.8, 4) is 5.75 Å². The number of benzene rings is 3. The van der Waals surface area contributed by atoms with Crippen LogP contribution in [0, 0.1) is 6.92 Å². The number of anilines is 2. The van der Waals surface area contributed by atoms with E-state index in [1.807, 2.05) is 61.5 Å². The van der Waals surface area contributed by atoms with Crippen LogP contribution in [0.25, 0.3) is 10.9 Å². The second-order valence-corrected chi connectivity index (χ2v) is 9.19. The summed E-state index contributed by atoms with van der Waals surface area (Å²) in [4.78, 5) is 18.5. The molecular formula is C30H31N3O2. The fraction of sp³-hybridized carbons (Fsp3) is 0.267. The van der Waals surface area contributed by atoms with Crippen molar-refractivity contribution >= 4 is 28.6 Å². The fourth-order valence-electron chi connectivity index (χ4n) is 4.98. The monoisotopic (exact) mass is 465 g/mol. The molecule has 1 aliphatic rings. The molecular weight excluding hydrogens is 434 g/mol. The van der Waals surface area contributed by atoms with Crippen molar-refractivity contribution in [1.82, 2.24) is 9.88 Å². The Morgan fingerprint density at radius 3 is 2.66 bits per heavy atom. The summed E-state index contributed by atoms with van der Waals surface area (Å²) in [7, 11) is 0. The van der Waals surface area contributed by atoms with E-state index < -0.39 is 0 Å². The van der Waals surface area contributed by atoms with Crippen molar-refractivity contribution in [2.75, 3.05) is 31.6 Å². The molecule has 5 heteroatoms. The zero-order valence-corrected chi connectivity index (χ0v) is 20.1. The van der Waals surface area contributed by atoms with Gasteiger partial charge in [-0.3, -0.25) is 14.7 Å². The number of ether oxygens (including phenoxy) is 1. The zero-order valence-electron chi connectivity index (χ0n) is 20.1. The minimum absolute atomic E-state index is 0.462. The molecule has 0 amide bonds. The van der Waals surface area contributed by atoms with Crippen LogP contribution in [0.5, 0.6) is 5.75 Å². The molecule has 178 valence electrons. The van der Waals surface area contributed by atoms with Crippen molar-refractivity contribution in [2.24, 2.45) is 0 Å². The number of likely N-dealkylation sites (tertiary alicyclic amines) is 1. The van der Waals surface area contributed by atoms with Crippen molar-refractivity contribution in [2.45, 2.75) is 25.7 Å². The Morgan fingerprint density at radius 2 is 1.80 bits per heavy atom. The number of fused-ring (bicyclic) bond motifs is 1. The van der Waals surface area contributed by atoms with E-state index in [-0.39, 0.29) is 0 Å². The molecule has 0 spiro atoms. The van der Waals surface area contributed by atoms with Crippen molar-refractivity contribution in [3.63, 3.8) is 0 Å². The first kappa shape index (κ1) is 23.1. The highest BCUT2D eigenvalue weighted by Crippen LogP contribution is 2.30. The third-order valence-electron chi connectivity index (χ3n) is 6.78. The minimum Gasteiger partial charge on any atom is -0.492 e. The minimum atomic E-state index is 0.462. The quantitative estimate of drug-likeness (QED) is 0.307. The number of rotatable bonds is 8. The largest absolute Gasteiger partial charge is 0.492 e. The zero-order chi connectivity index (χ0) is 24.0. The van der Waals surface area contributed by atoms with Gasteiger partial charge in [0.15, 0.2) is 0 Å². The summed E-state index contributed by atoms with van der Waals surface area (Å²) in [6.07, 6.45) is 3.13. The molecule has 0 bridgehead atoms. The maximum absolute atomic E-state index is 11.4. The molecule has 3 aromatic carbocycles. The van der Waals surface area contributed by atoms with Crippen LogP contribution in [-0.4, -0.2) is 42.4 Å². The highest BCUT2D eigenvalue weighted by molar-refractivity contribution is 5.93. The van der Waals surface area contributed by atoms with Gasteiger partial charge >= 0.3 is 0 Å². The van der Waals surface area contributed by atoms with Crippen LogP contribution in [0.2, 0.25) is 0 Å². The molecule has 1 N–H and O–H groups in total. The molecule has 2 heterocycles. The lowest BCUT2D eigenvalue weighted by Gasteiger charge is -2.32. The maximum Gasteiger partial charge on any atom is 0.150 e. The highest BCUT2D eigenvalue weighted by Gasteiger charge is 2.22. The molecule has 1 fully saturated rings. The topological polar surface area (TPSA) is 54.5 Å². The second kappa shape index (κ2) is 10.7. The summed E-state index contributed by atoms with van der Waals surface area (Å²) in [5, 5.41) is 4.64. The number of aromatic nitrogens is 1. The highest BCUT2D eigenvalue weighted by atomic mass is 16.5. The number of nitrogens with one attached hydrogen (secondary N) is 1. The lowest BCUT2D eigenvalue weighted by Crippen LogP contribution is -2.36. The number of hydrogen-bond acceptors (Lipinski definition) is 5. The molecule has 0 radical (unpaired) electrons. The van der Waals surface area contributed by atoms with E-state index in [1.165, 1.54) is 5.56 Å². The molecule has 5 rings (SSSR count). The molecule has 1 saturated heterocycles. The van der Waals surface area contributed by atoms with E-state index >= 15 is 0 Å². The van der Waals surface area contributed by atoms with Crippen LogP contribution in [0.3, 0.4) is 0 Å². The molecule has 1 aromatic heterocycles. The number of aldehydes is 1. The molecule has 5 nitrogen and oxygen atoms in total. The molecule has 1 aliphatic heterocycles. The number of aryl methyl sites for hydroxylation is 1. The van der Waals surface area contributed by atoms with E-state index in [1.54, 1.807) is 0 Å². The molecule has 0 aliphatic carbocycles. The van der Waals surface area contributed by atoms with Crippen molar-refractivity contribution < 1.29 is 9.53 Å². The van der Waals surface area contributed by atoms with Gasteiger partial charge in [0.2, 0.25) is 0 Å². The van der Waals surface area contributed by atoms with E-state index in [4.69, 9.17) is 4.74 Å². The Bertz CT molecular complexity index is 1310. The van der Waals surface area contributed by atoms with Gasteiger partial charge in [0.25, 0.3) is 0 Å². The summed E-state index contributed by atoms with van der Waals surface area (Å²) in [5.74, 6) is 1.32. The van der Waals surface area contributed by atoms with E-state index in [9.17, 15) is 4.79 Å². The van der Waals surface area contributed by atoms with Gasteiger partial charge < -0.3 is 10.1 Å².